The Morgan fingerprint density at radius 2 is 2.00 bits per heavy atom. The van der Waals surface area contributed by atoms with Gasteiger partial charge < -0.3 is 19.7 Å². The molecule has 0 bridgehead atoms. The first kappa shape index (κ1) is 12.8. The fourth-order valence-corrected chi connectivity index (χ4v) is 2.68. The van der Waals surface area contributed by atoms with Gasteiger partial charge in [-0.25, -0.2) is 0 Å². The lowest BCUT2D eigenvalue weighted by Gasteiger charge is -2.31. The van der Waals surface area contributed by atoms with Gasteiger partial charge in [0.05, 0.1) is 0 Å². The molecule has 0 spiro atoms. The number of fused-ring (bicyclic) bond motifs is 1. The highest BCUT2D eigenvalue weighted by molar-refractivity contribution is 5.48. The highest BCUT2D eigenvalue weighted by atomic mass is 16.7. The van der Waals surface area contributed by atoms with Gasteiger partial charge in [-0.3, -0.25) is 0 Å². The molecule has 0 aliphatic carbocycles. The van der Waals surface area contributed by atoms with E-state index in [1.807, 2.05) is 0 Å². The van der Waals surface area contributed by atoms with Gasteiger partial charge in [0, 0.05) is 26.2 Å². The maximum Gasteiger partial charge on any atom is 0.231 e. The monoisotopic (exact) mass is 262 g/mol. The molecule has 1 fully saturated rings. The summed E-state index contributed by atoms with van der Waals surface area (Å²) in [4.78, 5) is 2.43. The summed E-state index contributed by atoms with van der Waals surface area (Å²) in [5, 5.41) is 3.32. The third kappa shape index (κ3) is 2.85. The van der Waals surface area contributed by atoms with Crippen LogP contribution in [0.5, 0.6) is 11.5 Å². The number of likely N-dealkylation sites (N-methyl/N-ethyl adjacent to an activating group) is 1. The summed E-state index contributed by atoms with van der Waals surface area (Å²) in [5.41, 5.74) is 2.66. The molecule has 4 nitrogen and oxygen atoms in total. The summed E-state index contributed by atoms with van der Waals surface area (Å²) < 4.78 is 10.8. The second kappa shape index (κ2) is 5.39. The van der Waals surface area contributed by atoms with Crippen LogP contribution < -0.4 is 14.8 Å². The zero-order chi connectivity index (χ0) is 13.2. The Morgan fingerprint density at radius 3 is 2.68 bits per heavy atom. The molecular formula is C15H22N2O2. The lowest BCUT2D eigenvalue weighted by molar-refractivity contribution is 0.174. The summed E-state index contributed by atoms with van der Waals surface area (Å²) in [7, 11) is 2.21. The van der Waals surface area contributed by atoms with Crippen LogP contribution in [0.1, 0.15) is 11.1 Å². The van der Waals surface area contributed by atoms with E-state index in [0.717, 1.165) is 30.4 Å². The SMILES string of the molecule is Cc1cc2c(cc1CCN(C)CC1CNC1)OCO2. The molecule has 1 aromatic carbocycles. The van der Waals surface area contributed by atoms with Crippen molar-refractivity contribution >= 4 is 0 Å². The Morgan fingerprint density at radius 1 is 1.26 bits per heavy atom. The lowest BCUT2D eigenvalue weighted by atomic mass is 10.0. The molecule has 1 N–H and O–H groups in total. The first-order valence-electron chi connectivity index (χ1n) is 7.01. The Hall–Kier alpha value is -1.26. The molecule has 2 heterocycles. The predicted octanol–water partition coefficient (Wildman–Crippen LogP) is 1.42. The van der Waals surface area contributed by atoms with Crippen molar-refractivity contribution in [2.45, 2.75) is 13.3 Å². The van der Waals surface area contributed by atoms with Gasteiger partial charge >= 0.3 is 0 Å². The molecule has 0 atom stereocenters. The van der Waals surface area contributed by atoms with Gasteiger partial charge in [-0.15, -0.1) is 0 Å². The largest absolute Gasteiger partial charge is 0.454 e. The molecule has 2 aliphatic heterocycles. The van der Waals surface area contributed by atoms with Crippen molar-refractivity contribution in [1.82, 2.24) is 10.2 Å². The summed E-state index contributed by atoms with van der Waals surface area (Å²) >= 11 is 0. The van der Waals surface area contributed by atoms with E-state index in [0.29, 0.717) is 6.79 Å². The number of nitrogens with zero attached hydrogens (tertiary/aromatic N) is 1. The molecule has 2 aliphatic rings. The fourth-order valence-electron chi connectivity index (χ4n) is 2.68. The van der Waals surface area contributed by atoms with Crippen LogP contribution in [0.2, 0.25) is 0 Å². The van der Waals surface area contributed by atoms with Gasteiger partial charge in [-0.05, 0) is 49.6 Å². The van der Waals surface area contributed by atoms with Gasteiger partial charge in [-0.2, -0.15) is 0 Å². The number of benzene rings is 1. The fraction of sp³-hybridized carbons (Fsp3) is 0.600. The highest BCUT2D eigenvalue weighted by Crippen LogP contribution is 2.34. The third-order valence-electron chi connectivity index (χ3n) is 4.03. The molecule has 4 heteroatoms. The number of aryl methyl sites for hydroxylation is 1. The van der Waals surface area contributed by atoms with E-state index in [4.69, 9.17) is 9.47 Å². The second-order valence-corrected chi connectivity index (χ2v) is 5.67. The van der Waals surface area contributed by atoms with Crippen LogP contribution in [0.25, 0.3) is 0 Å². The van der Waals surface area contributed by atoms with E-state index in [1.54, 1.807) is 0 Å². The molecule has 0 aromatic heterocycles. The van der Waals surface area contributed by atoms with Crippen LogP contribution in [0.15, 0.2) is 12.1 Å². The Kier molecular flexibility index (Phi) is 3.62. The summed E-state index contributed by atoms with van der Waals surface area (Å²) in [5.74, 6) is 2.62. The number of nitrogens with one attached hydrogen (secondary N) is 1. The molecule has 104 valence electrons. The molecule has 0 amide bonds. The van der Waals surface area contributed by atoms with E-state index in [-0.39, 0.29) is 0 Å². The van der Waals surface area contributed by atoms with Crippen molar-refractivity contribution < 1.29 is 9.47 Å². The predicted molar refractivity (Wildman–Crippen MR) is 74.9 cm³/mol. The van der Waals surface area contributed by atoms with Crippen LogP contribution in [-0.2, 0) is 6.42 Å². The minimum absolute atomic E-state index is 0.354. The molecule has 1 aromatic rings. The lowest BCUT2D eigenvalue weighted by Crippen LogP contribution is -2.47. The topological polar surface area (TPSA) is 33.7 Å². The minimum atomic E-state index is 0.354. The summed E-state index contributed by atoms with van der Waals surface area (Å²) in [6.07, 6.45) is 1.07. The first-order chi connectivity index (χ1) is 9.22. The number of hydrogen-bond acceptors (Lipinski definition) is 4. The average molecular weight is 262 g/mol. The van der Waals surface area contributed by atoms with E-state index >= 15 is 0 Å². The van der Waals surface area contributed by atoms with Gasteiger partial charge in [0.25, 0.3) is 0 Å². The van der Waals surface area contributed by atoms with Crippen molar-refractivity contribution in [3.63, 3.8) is 0 Å². The van der Waals surface area contributed by atoms with E-state index in [9.17, 15) is 0 Å². The maximum absolute atomic E-state index is 5.45. The second-order valence-electron chi connectivity index (χ2n) is 5.67. The standard InChI is InChI=1S/C15H22N2O2/c1-11-5-14-15(19-10-18-14)6-13(11)3-4-17(2)9-12-7-16-8-12/h5-6,12,16H,3-4,7-10H2,1-2H3. The minimum Gasteiger partial charge on any atom is -0.454 e. The van der Waals surface area contributed by atoms with Crippen molar-refractivity contribution in [3.05, 3.63) is 23.3 Å². The van der Waals surface area contributed by atoms with Crippen molar-refractivity contribution in [3.8, 4) is 11.5 Å². The first-order valence-corrected chi connectivity index (χ1v) is 7.01. The number of rotatable bonds is 5. The summed E-state index contributed by atoms with van der Waals surface area (Å²) in [6, 6.07) is 4.23. The van der Waals surface area contributed by atoms with Gasteiger partial charge in [0.2, 0.25) is 6.79 Å². The average Bonchev–Trinajstić information content (AvgIpc) is 2.78. The van der Waals surface area contributed by atoms with Crippen LogP contribution in [0.4, 0.5) is 0 Å². The Bertz CT molecular complexity index is 458. The number of ether oxygens (including phenoxy) is 2. The normalized spacial score (nSPS) is 17.8. The Labute approximate surface area is 114 Å². The molecule has 0 saturated carbocycles. The van der Waals surface area contributed by atoms with Crippen LogP contribution in [-0.4, -0.2) is 44.9 Å². The molecule has 1 saturated heterocycles. The van der Waals surface area contributed by atoms with Crippen molar-refractivity contribution in [2.75, 3.05) is 40.0 Å². The van der Waals surface area contributed by atoms with Gasteiger partial charge in [-0.1, -0.05) is 0 Å². The molecule has 19 heavy (non-hydrogen) atoms. The zero-order valence-electron chi connectivity index (χ0n) is 11.7. The molecule has 0 radical (unpaired) electrons. The van der Waals surface area contributed by atoms with E-state index < -0.39 is 0 Å². The molecular weight excluding hydrogens is 240 g/mol. The zero-order valence-corrected chi connectivity index (χ0v) is 11.7. The van der Waals surface area contributed by atoms with Gasteiger partial charge in [0.15, 0.2) is 11.5 Å². The van der Waals surface area contributed by atoms with Gasteiger partial charge in [0.1, 0.15) is 0 Å². The Balaban J connectivity index is 1.57. The third-order valence-corrected chi connectivity index (χ3v) is 4.03. The number of hydrogen-bond donors (Lipinski definition) is 1. The smallest absolute Gasteiger partial charge is 0.231 e. The quantitative estimate of drug-likeness (QED) is 0.870. The van der Waals surface area contributed by atoms with Crippen molar-refractivity contribution in [1.29, 1.82) is 0 Å². The van der Waals surface area contributed by atoms with Crippen LogP contribution >= 0.6 is 0 Å². The van der Waals surface area contributed by atoms with E-state index in [1.165, 1.54) is 30.8 Å². The van der Waals surface area contributed by atoms with Crippen molar-refractivity contribution in [2.24, 2.45) is 5.92 Å². The molecule has 0 unspecified atom stereocenters. The highest BCUT2D eigenvalue weighted by Gasteiger charge is 2.19. The van der Waals surface area contributed by atoms with Crippen LogP contribution in [0.3, 0.4) is 0 Å². The van der Waals surface area contributed by atoms with E-state index in [2.05, 4.69) is 36.3 Å². The van der Waals surface area contributed by atoms with Crippen LogP contribution in [0, 0.1) is 12.8 Å². The maximum atomic E-state index is 5.45. The molecule has 3 rings (SSSR count). The summed E-state index contributed by atoms with van der Waals surface area (Å²) in [6.45, 7) is 7.13.